The number of hydrogen-bond donors (Lipinski definition) is 2. The fourth-order valence-electron chi connectivity index (χ4n) is 5.72. The molecule has 0 spiro atoms. The Morgan fingerprint density at radius 2 is 1.90 bits per heavy atom. The van der Waals surface area contributed by atoms with Crippen molar-refractivity contribution in [1.29, 1.82) is 0 Å². The zero-order chi connectivity index (χ0) is 21.6. The zero-order valence-corrected chi connectivity index (χ0v) is 18.3. The summed E-state index contributed by atoms with van der Waals surface area (Å²) in [6.45, 7) is 2.50. The molecule has 3 atom stereocenters. The molecular formula is C24H31N5O2. The summed E-state index contributed by atoms with van der Waals surface area (Å²) in [7, 11) is 1.76. The largest absolute Gasteiger partial charge is 0.391 e. The van der Waals surface area contributed by atoms with Crippen LogP contribution in [0, 0.1) is 12.8 Å². The van der Waals surface area contributed by atoms with Crippen LogP contribution in [0.5, 0.6) is 0 Å². The Morgan fingerprint density at radius 3 is 2.71 bits per heavy atom. The Balaban J connectivity index is 1.57. The fourth-order valence-corrected chi connectivity index (χ4v) is 5.72. The van der Waals surface area contributed by atoms with Crippen molar-refractivity contribution in [1.82, 2.24) is 19.1 Å². The summed E-state index contributed by atoms with van der Waals surface area (Å²) in [4.78, 5) is 22.8. The Labute approximate surface area is 182 Å². The molecule has 7 heteroatoms. The van der Waals surface area contributed by atoms with E-state index < -0.39 is 11.6 Å². The molecule has 2 saturated carbocycles. The molecule has 2 aliphatic rings. The average Bonchev–Trinajstić information content (AvgIpc) is 3.08. The number of anilines is 1. The van der Waals surface area contributed by atoms with E-state index in [0.29, 0.717) is 29.6 Å². The van der Waals surface area contributed by atoms with Gasteiger partial charge in [-0.3, -0.25) is 9.36 Å². The van der Waals surface area contributed by atoms with Gasteiger partial charge in [0.2, 0.25) is 5.95 Å². The molecule has 2 fully saturated rings. The van der Waals surface area contributed by atoms with Crippen LogP contribution in [0.25, 0.3) is 11.2 Å². The van der Waals surface area contributed by atoms with Crippen LogP contribution in [0.15, 0.2) is 35.1 Å². The number of aliphatic hydroxyl groups is 1. The molecule has 3 unspecified atom stereocenters. The number of imidazole rings is 1. The molecule has 0 aliphatic heterocycles. The molecule has 0 saturated heterocycles. The molecule has 2 heterocycles. The Bertz CT molecular complexity index is 1150. The van der Waals surface area contributed by atoms with E-state index in [1.165, 1.54) is 6.42 Å². The van der Waals surface area contributed by atoms with Gasteiger partial charge in [-0.15, -0.1) is 0 Å². The van der Waals surface area contributed by atoms with Crippen LogP contribution in [0.1, 0.15) is 56.3 Å². The standard InChI is InChI=1S/C24H31N5O2/c1-16-25-21-20(29(16)15-17-9-4-3-5-10-17)22(31)28(2)23(26-21)27-24-14-7-6-11-18(24)12-8-13-19(24)30/h3-5,9-10,18-19,30H,6-8,11-15H2,1-2H3,(H,26,27). The van der Waals surface area contributed by atoms with Crippen molar-refractivity contribution in [3.8, 4) is 0 Å². The molecule has 0 amide bonds. The van der Waals surface area contributed by atoms with E-state index in [4.69, 9.17) is 4.98 Å². The first kappa shape index (κ1) is 20.2. The lowest BCUT2D eigenvalue weighted by molar-refractivity contribution is -0.00171. The molecule has 164 valence electrons. The van der Waals surface area contributed by atoms with E-state index in [1.54, 1.807) is 11.6 Å². The van der Waals surface area contributed by atoms with Crippen LogP contribution in [0.2, 0.25) is 0 Å². The van der Waals surface area contributed by atoms with Gasteiger partial charge in [0.25, 0.3) is 5.56 Å². The summed E-state index contributed by atoms with van der Waals surface area (Å²) in [6, 6.07) is 10.1. The van der Waals surface area contributed by atoms with E-state index in [2.05, 4.69) is 10.3 Å². The van der Waals surface area contributed by atoms with Crippen LogP contribution < -0.4 is 10.9 Å². The lowest BCUT2D eigenvalue weighted by atomic mass is 9.63. The van der Waals surface area contributed by atoms with E-state index in [-0.39, 0.29) is 5.56 Å². The van der Waals surface area contributed by atoms with Crippen molar-refractivity contribution in [2.75, 3.05) is 5.32 Å². The average molecular weight is 422 g/mol. The maximum Gasteiger partial charge on any atom is 0.280 e. The summed E-state index contributed by atoms with van der Waals surface area (Å²) in [5, 5.41) is 14.6. The van der Waals surface area contributed by atoms with Crippen molar-refractivity contribution >= 4 is 17.1 Å². The van der Waals surface area contributed by atoms with E-state index in [9.17, 15) is 9.90 Å². The van der Waals surface area contributed by atoms with Crippen molar-refractivity contribution in [2.45, 2.75) is 70.1 Å². The van der Waals surface area contributed by atoms with Gasteiger partial charge in [0.15, 0.2) is 11.2 Å². The van der Waals surface area contributed by atoms with Crippen molar-refractivity contribution in [2.24, 2.45) is 13.0 Å². The molecule has 2 aromatic heterocycles. The number of hydrogen-bond acceptors (Lipinski definition) is 5. The number of nitrogens with zero attached hydrogens (tertiary/aromatic N) is 4. The van der Waals surface area contributed by atoms with E-state index in [0.717, 1.165) is 49.9 Å². The number of aryl methyl sites for hydroxylation is 1. The van der Waals surface area contributed by atoms with Crippen LogP contribution in [-0.4, -0.2) is 35.9 Å². The second-order valence-corrected chi connectivity index (χ2v) is 9.26. The van der Waals surface area contributed by atoms with Crippen LogP contribution in [0.3, 0.4) is 0 Å². The maximum absolute atomic E-state index is 13.4. The predicted octanol–water partition coefficient (Wildman–Crippen LogP) is 3.37. The van der Waals surface area contributed by atoms with E-state index >= 15 is 0 Å². The fraction of sp³-hybridized carbons (Fsp3) is 0.542. The number of aromatic nitrogens is 4. The highest BCUT2D eigenvalue weighted by Crippen LogP contribution is 2.45. The molecule has 0 radical (unpaired) electrons. The number of benzene rings is 1. The Morgan fingerprint density at radius 1 is 1.13 bits per heavy atom. The van der Waals surface area contributed by atoms with Crippen molar-refractivity contribution < 1.29 is 5.11 Å². The molecule has 5 rings (SSSR count). The third kappa shape index (κ3) is 3.35. The summed E-state index contributed by atoms with van der Waals surface area (Å²) < 4.78 is 3.54. The summed E-state index contributed by atoms with van der Waals surface area (Å²) in [5.74, 6) is 1.69. The van der Waals surface area contributed by atoms with Gasteiger partial charge in [0.05, 0.1) is 11.6 Å². The van der Waals surface area contributed by atoms with Gasteiger partial charge in [-0.2, -0.15) is 4.98 Å². The molecule has 2 aliphatic carbocycles. The maximum atomic E-state index is 13.4. The molecule has 31 heavy (non-hydrogen) atoms. The first-order valence-corrected chi connectivity index (χ1v) is 11.4. The predicted molar refractivity (Wildman–Crippen MR) is 121 cm³/mol. The lowest BCUT2D eigenvalue weighted by Crippen LogP contribution is -2.59. The number of rotatable bonds is 4. The highest BCUT2D eigenvalue weighted by molar-refractivity contribution is 5.72. The molecular weight excluding hydrogens is 390 g/mol. The topological polar surface area (TPSA) is 85.0 Å². The van der Waals surface area contributed by atoms with Crippen LogP contribution in [-0.2, 0) is 13.6 Å². The SMILES string of the molecule is Cc1nc2nc(NC34CCCCC3CCCC4O)n(C)c(=O)c2n1Cc1ccccc1. The third-order valence-electron chi connectivity index (χ3n) is 7.45. The van der Waals surface area contributed by atoms with Gasteiger partial charge in [-0.1, -0.05) is 49.6 Å². The van der Waals surface area contributed by atoms with Crippen LogP contribution in [0.4, 0.5) is 5.95 Å². The summed E-state index contributed by atoms with van der Waals surface area (Å²) in [6.07, 6.45) is 6.87. The first-order chi connectivity index (χ1) is 15.0. The van der Waals surface area contributed by atoms with Gasteiger partial charge in [-0.25, -0.2) is 4.98 Å². The minimum Gasteiger partial charge on any atom is -0.391 e. The molecule has 7 nitrogen and oxygen atoms in total. The molecule has 2 N–H and O–H groups in total. The lowest BCUT2D eigenvalue weighted by Gasteiger charge is -2.51. The van der Waals surface area contributed by atoms with Gasteiger partial charge in [0, 0.05) is 13.6 Å². The Hall–Kier alpha value is -2.67. The van der Waals surface area contributed by atoms with Crippen LogP contribution >= 0.6 is 0 Å². The molecule has 0 bridgehead atoms. The van der Waals surface area contributed by atoms with Crippen molar-refractivity contribution in [3.05, 3.63) is 52.1 Å². The first-order valence-electron chi connectivity index (χ1n) is 11.4. The molecule has 3 aromatic rings. The summed E-state index contributed by atoms with van der Waals surface area (Å²) >= 11 is 0. The number of nitrogens with one attached hydrogen (secondary N) is 1. The summed E-state index contributed by atoms with van der Waals surface area (Å²) in [5.41, 5.74) is 1.59. The smallest absolute Gasteiger partial charge is 0.280 e. The van der Waals surface area contributed by atoms with Gasteiger partial charge < -0.3 is 15.0 Å². The third-order valence-corrected chi connectivity index (χ3v) is 7.45. The second kappa shape index (κ2) is 7.79. The van der Waals surface area contributed by atoms with Gasteiger partial charge >= 0.3 is 0 Å². The van der Waals surface area contributed by atoms with E-state index in [1.807, 2.05) is 41.8 Å². The minimum atomic E-state index is -0.420. The monoisotopic (exact) mass is 421 g/mol. The normalized spacial score (nSPS) is 26.0. The second-order valence-electron chi connectivity index (χ2n) is 9.26. The van der Waals surface area contributed by atoms with Gasteiger partial charge in [0.1, 0.15) is 5.82 Å². The minimum absolute atomic E-state index is 0.113. The number of aliphatic hydroxyl groups excluding tert-OH is 1. The van der Waals surface area contributed by atoms with Gasteiger partial charge in [-0.05, 0) is 44.1 Å². The highest BCUT2D eigenvalue weighted by Gasteiger charge is 2.48. The zero-order valence-electron chi connectivity index (χ0n) is 18.3. The Kier molecular flexibility index (Phi) is 5.08. The van der Waals surface area contributed by atoms with Crippen molar-refractivity contribution in [3.63, 3.8) is 0 Å². The number of fused-ring (bicyclic) bond motifs is 2. The highest BCUT2D eigenvalue weighted by atomic mass is 16.3. The molecule has 1 aromatic carbocycles. The quantitative estimate of drug-likeness (QED) is 0.675.